The molecule has 1 saturated carbocycles. The minimum atomic E-state index is 0.338. The lowest BCUT2D eigenvalue weighted by Crippen LogP contribution is -2.34. The van der Waals surface area contributed by atoms with Crippen molar-refractivity contribution in [1.29, 1.82) is 0 Å². The molecule has 0 radical (unpaired) electrons. The van der Waals surface area contributed by atoms with Crippen LogP contribution in [0.2, 0.25) is 0 Å². The van der Waals surface area contributed by atoms with Gasteiger partial charge in [0.05, 0.1) is 7.11 Å². The highest BCUT2D eigenvalue weighted by Crippen LogP contribution is 2.38. The number of hydrogen-bond donors (Lipinski definition) is 1. The first-order chi connectivity index (χ1) is 8.28. The van der Waals surface area contributed by atoms with Crippen molar-refractivity contribution in [3.8, 4) is 5.75 Å². The van der Waals surface area contributed by atoms with Crippen LogP contribution in [-0.4, -0.2) is 13.7 Å². The van der Waals surface area contributed by atoms with Crippen molar-refractivity contribution in [3.05, 3.63) is 29.8 Å². The number of hydrogen-bond acceptors (Lipinski definition) is 2. The van der Waals surface area contributed by atoms with Crippen LogP contribution >= 0.6 is 0 Å². The molecule has 0 aromatic heterocycles. The molecule has 1 aliphatic carbocycles. The summed E-state index contributed by atoms with van der Waals surface area (Å²) < 4.78 is 5.28. The van der Waals surface area contributed by atoms with Crippen LogP contribution in [0.25, 0.3) is 0 Å². The lowest BCUT2D eigenvalue weighted by molar-refractivity contribution is 0.197. The number of rotatable bonds is 4. The average Bonchev–Trinajstić information content (AvgIpc) is 2.40. The van der Waals surface area contributed by atoms with Gasteiger partial charge in [-0.3, -0.25) is 0 Å². The molecule has 2 heteroatoms. The Labute approximate surface area is 104 Å². The van der Waals surface area contributed by atoms with Crippen LogP contribution in [0.5, 0.6) is 5.75 Å². The van der Waals surface area contributed by atoms with E-state index in [4.69, 9.17) is 10.5 Å². The number of benzene rings is 1. The van der Waals surface area contributed by atoms with Gasteiger partial charge in [-0.25, -0.2) is 0 Å². The summed E-state index contributed by atoms with van der Waals surface area (Å²) >= 11 is 0. The second-order valence-electron chi connectivity index (χ2n) is 5.29. The molecule has 94 valence electrons. The van der Waals surface area contributed by atoms with E-state index in [1.54, 1.807) is 7.11 Å². The fourth-order valence-corrected chi connectivity index (χ4v) is 2.97. The molecule has 1 aromatic rings. The van der Waals surface area contributed by atoms with E-state index in [9.17, 15) is 0 Å². The fourth-order valence-electron chi connectivity index (χ4n) is 2.97. The summed E-state index contributed by atoms with van der Waals surface area (Å²) in [6.45, 7) is 0.810. The van der Waals surface area contributed by atoms with Gasteiger partial charge in [-0.15, -0.1) is 0 Å². The fraction of sp³-hybridized carbons (Fsp3) is 0.600. The molecule has 2 nitrogen and oxygen atoms in total. The van der Waals surface area contributed by atoms with E-state index < -0.39 is 0 Å². The van der Waals surface area contributed by atoms with E-state index in [1.807, 2.05) is 6.07 Å². The van der Waals surface area contributed by atoms with Crippen LogP contribution in [-0.2, 0) is 6.42 Å². The lowest BCUT2D eigenvalue weighted by atomic mass is 9.70. The smallest absolute Gasteiger partial charge is 0.119 e. The molecule has 0 aliphatic heterocycles. The Morgan fingerprint density at radius 3 is 2.65 bits per heavy atom. The largest absolute Gasteiger partial charge is 0.497 e. The molecule has 0 spiro atoms. The molecule has 0 heterocycles. The van der Waals surface area contributed by atoms with E-state index in [2.05, 4.69) is 18.2 Å². The second-order valence-corrected chi connectivity index (χ2v) is 5.29. The van der Waals surface area contributed by atoms with Crippen molar-refractivity contribution in [2.75, 3.05) is 13.7 Å². The maximum atomic E-state index is 6.03. The van der Waals surface area contributed by atoms with E-state index >= 15 is 0 Å². The second kappa shape index (κ2) is 5.54. The van der Waals surface area contributed by atoms with Gasteiger partial charge in [0.2, 0.25) is 0 Å². The predicted molar refractivity (Wildman–Crippen MR) is 71.3 cm³/mol. The molecule has 17 heavy (non-hydrogen) atoms. The van der Waals surface area contributed by atoms with Crippen molar-refractivity contribution in [2.24, 2.45) is 11.1 Å². The normalized spacial score (nSPS) is 18.9. The lowest BCUT2D eigenvalue weighted by Gasteiger charge is -2.36. The zero-order valence-corrected chi connectivity index (χ0v) is 10.7. The maximum absolute atomic E-state index is 6.03. The molecule has 0 bridgehead atoms. The topological polar surface area (TPSA) is 35.2 Å². The molecule has 2 rings (SSSR count). The Morgan fingerprint density at radius 2 is 2.00 bits per heavy atom. The molecule has 1 fully saturated rings. The first-order valence-electron chi connectivity index (χ1n) is 6.61. The highest BCUT2D eigenvalue weighted by Gasteiger charge is 2.30. The quantitative estimate of drug-likeness (QED) is 0.867. The third-order valence-electron chi connectivity index (χ3n) is 4.06. The van der Waals surface area contributed by atoms with Crippen LogP contribution in [0, 0.1) is 5.41 Å². The highest BCUT2D eigenvalue weighted by atomic mass is 16.5. The number of ether oxygens (including phenoxy) is 1. The summed E-state index contributed by atoms with van der Waals surface area (Å²) in [5.41, 5.74) is 7.72. The summed E-state index contributed by atoms with van der Waals surface area (Å²) in [6, 6.07) is 8.40. The van der Waals surface area contributed by atoms with Crippen molar-refractivity contribution < 1.29 is 4.74 Å². The summed E-state index contributed by atoms with van der Waals surface area (Å²) in [6.07, 6.45) is 7.70. The first-order valence-corrected chi connectivity index (χ1v) is 6.61. The van der Waals surface area contributed by atoms with Crippen LogP contribution in [0.4, 0.5) is 0 Å². The highest BCUT2D eigenvalue weighted by molar-refractivity contribution is 5.29. The monoisotopic (exact) mass is 233 g/mol. The molecule has 0 amide bonds. The Bertz CT molecular complexity index is 356. The van der Waals surface area contributed by atoms with Crippen molar-refractivity contribution in [1.82, 2.24) is 0 Å². The predicted octanol–water partition coefficient (Wildman–Crippen LogP) is 3.15. The summed E-state index contributed by atoms with van der Waals surface area (Å²) in [5.74, 6) is 0.950. The van der Waals surface area contributed by atoms with Crippen LogP contribution in [0.3, 0.4) is 0 Å². The van der Waals surface area contributed by atoms with Gasteiger partial charge in [-0.2, -0.15) is 0 Å². The van der Waals surface area contributed by atoms with E-state index in [1.165, 1.54) is 37.7 Å². The van der Waals surface area contributed by atoms with Crippen molar-refractivity contribution in [3.63, 3.8) is 0 Å². The van der Waals surface area contributed by atoms with E-state index in [0.29, 0.717) is 5.41 Å². The summed E-state index contributed by atoms with van der Waals surface area (Å²) in [7, 11) is 1.72. The average molecular weight is 233 g/mol. The minimum Gasteiger partial charge on any atom is -0.497 e. The maximum Gasteiger partial charge on any atom is 0.119 e. The zero-order chi connectivity index (χ0) is 12.1. The Hall–Kier alpha value is -1.02. The van der Waals surface area contributed by atoms with Crippen molar-refractivity contribution in [2.45, 2.75) is 38.5 Å². The van der Waals surface area contributed by atoms with Gasteiger partial charge in [0.15, 0.2) is 0 Å². The van der Waals surface area contributed by atoms with Crippen LogP contribution < -0.4 is 10.5 Å². The Kier molecular flexibility index (Phi) is 4.06. The molecule has 2 N–H and O–H groups in total. The van der Waals surface area contributed by atoms with Gasteiger partial charge < -0.3 is 10.5 Å². The summed E-state index contributed by atoms with van der Waals surface area (Å²) in [4.78, 5) is 0. The molecule has 0 saturated heterocycles. The third kappa shape index (κ3) is 3.01. The van der Waals surface area contributed by atoms with Gasteiger partial charge in [-0.1, -0.05) is 31.4 Å². The van der Waals surface area contributed by atoms with Gasteiger partial charge in [0.25, 0.3) is 0 Å². The Morgan fingerprint density at radius 1 is 1.24 bits per heavy atom. The van der Waals surface area contributed by atoms with Gasteiger partial charge in [0, 0.05) is 0 Å². The SMILES string of the molecule is COc1cccc(CC2(CN)CCCCC2)c1. The molecular weight excluding hydrogens is 210 g/mol. The number of methoxy groups -OCH3 is 1. The molecule has 0 unspecified atom stereocenters. The standard InChI is InChI=1S/C15H23NO/c1-17-14-7-5-6-13(10-14)11-15(12-16)8-3-2-4-9-15/h5-7,10H,2-4,8-9,11-12,16H2,1H3. The molecule has 1 aliphatic rings. The molecule has 1 aromatic carbocycles. The molecular formula is C15H23NO. The first kappa shape index (κ1) is 12.4. The number of nitrogens with two attached hydrogens (primary N) is 1. The third-order valence-corrected chi connectivity index (χ3v) is 4.06. The van der Waals surface area contributed by atoms with Gasteiger partial charge in [0.1, 0.15) is 5.75 Å². The molecule has 0 atom stereocenters. The summed E-state index contributed by atoms with van der Waals surface area (Å²) in [5, 5.41) is 0. The van der Waals surface area contributed by atoms with Gasteiger partial charge >= 0.3 is 0 Å². The Balaban J connectivity index is 2.11. The van der Waals surface area contributed by atoms with Crippen LogP contribution in [0.1, 0.15) is 37.7 Å². The van der Waals surface area contributed by atoms with Crippen LogP contribution in [0.15, 0.2) is 24.3 Å². The zero-order valence-electron chi connectivity index (χ0n) is 10.7. The minimum absolute atomic E-state index is 0.338. The van der Waals surface area contributed by atoms with Crippen molar-refractivity contribution >= 4 is 0 Å². The van der Waals surface area contributed by atoms with E-state index in [-0.39, 0.29) is 0 Å². The van der Waals surface area contributed by atoms with Gasteiger partial charge in [-0.05, 0) is 48.9 Å². The van der Waals surface area contributed by atoms with E-state index in [0.717, 1.165) is 18.7 Å².